The summed E-state index contributed by atoms with van der Waals surface area (Å²) in [6.45, 7) is 2.53. The van der Waals surface area contributed by atoms with E-state index in [1.165, 1.54) is 25.7 Å². The molecule has 4 N–H and O–H groups in total. The lowest BCUT2D eigenvalue weighted by molar-refractivity contribution is -0.121. The highest BCUT2D eigenvalue weighted by atomic mass is 32.2. The summed E-state index contributed by atoms with van der Waals surface area (Å²) in [5.74, 6) is -0.369. The molecule has 0 radical (unpaired) electrons. The number of amides is 3. The van der Waals surface area contributed by atoms with E-state index in [0.29, 0.717) is 0 Å². The van der Waals surface area contributed by atoms with Gasteiger partial charge in [-0.25, -0.2) is 4.79 Å². The molecule has 3 amide bonds. The standard InChI is InChI=1S/C11H21N3O2S/c1-8(9(15)14-10(12)16)13-7-11(17-2)5-3-4-6-11/h8,13H,3-7H2,1-2H3,(H3,12,14,15,16). The van der Waals surface area contributed by atoms with Crippen molar-refractivity contribution < 1.29 is 9.59 Å². The van der Waals surface area contributed by atoms with Crippen molar-refractivity contribution in [1.82, 2.24) is 10.6 Å². The summed E-state index contributed by atoms with van der Waals surface area (Å²) in [4.78, 5) is 22.0. The summed E-state index contributed by atoms with van der Waals surface area (Å²) >= 11 is 1.86. The average Bonchev–Trinajstić information content (AvgIpc) is 2.74. The largest absolute Gasteiger partial charge is 0.351 e. The third-order valence-electron chi connectivity index (χ3n) is 3.32. The van der Waals surface area contributed by atoms with Crippen molar-refractivity contribution >= 4 is 23.7 Å². The fourth-order valence-corrected chi connectivity index (χ4v) is 3.06. The number of carbonyl (C=O) groups excluding carboxylic acids is 2. The van der Waals surface area contributed by atoms with Crippen LogP contribution in [0, 0.1) is 0 Å². The molecule has 98 valence electrons. The maximum absolute atomic E-state index is 11.5. The van der Waals surface area contributed by atoms with Gasteiger partial charge in [0.1, 0.15) is 0 Å². The minimum Gasteiger partial charge on any atom is -0.351 e. The monoisotopic (exact) mass is 259 g/mol. The molecular formula is C11H21N3O2S. The Labute approximate surface area is 106 Å². The van der Waals surface area contributed by atoms with Gasteiger partial charge in [-0.1, -0.05) is 12.8 Å². The van der Waals surface area contributed by atoms with Crippen LogP contribution in [0.2, 0.25) is 0 Å². The van der Waals surface area contributed by atoms with Gasteiger partial charge >= 0.3 is 6.03 Å². The highest BCUT2D eigenvalue weighted by molar-refractivity contribution is 8.00. The van der Waals surface area contributed by atoms with E-state index in [-0.39, 0.29) is 10.7 Å². The van der Waals surface area contributed by atoms with Crippen molar-refractivity contribution in [2.24, 2.45) is 5.73 Å². The minimum absolute atomic E-state index is 0.251. The molecule has 6 heteroatoms. The van der Waals surface area contributed by atoms with Crippen LogP contribution in [0.15, 0.2) is 0 Å². The van der Waals surface area contributed by atoms with E-state index in [1.54, 1.807) is 6.92 Å². The Kier molecular flexibility index (Phi) is 5.27. The third-order valence-corrected chi connectivity index (χ3v) is 4.74. The summed E-state index contributed by atoms with van der Waals surface area (Å²) in [6, 6.07) is -1.20. The summed E-state index contributed by atoms with van der Waals surface area (Å²) in [5, 5.41) is 5.26. The number of hydrogen-bond donors (Lipinski definition) is 3. The molecule has 0 aromatic carbocycles. The molecule has 0 aromatic rings. The minimum atomic E-state index is -0.802. The van der Waals surface area contributed by atoms with E-state index >= 15 is 0 Å². The SMILES string of the molecule is CSC1(CNC(C)C(=O)NC(N)=O)CCCC1. The first-order valence-electron chi connectivity index (χ1n) is 5.88. The number of carbonyl (C=O) groups is 2. The van der Waals surface area contributed by atoms with Crippen LogP contribution < -0.4 is 16.4 Å². The third kappa shape index (κ3) is 4.20. The Bertz CT molecular complexity index is 290. The van der Waals surface area contributed by atoms with E-state index in [4.69, 9.17) is 5.73 Å². The van der Waals surface area contributed by atoms with E-state index in [2.05, 4.69) is 16.9 Å². The van der Waals surface area contributed by atoms with Crippen LogP contribution in [-0.2, 0) is 4.79 Å². The van der Waals surface area contributed by atoms with Gasteiger partial charge in [-0.2, -0.15) is 11.8 Å². The first-order chi connectivity index (χ1) is 7.99. The van der Waals surface area contributed by atoms with Gasteiger partial charge in [0.25, 0.3) is 0 Å². The molecule has 1 aliphatic rings. The van der Waals surface area contributed by atoms with Crippen LogP contribution in [0.3, 0.4) is 0 Å². The maximum atomic E-state index is 11.5. The Hall–Kier alpha value is -0.750. The number of rotatable bonds is 5. The van der Waals surface area contributed by atoms with Gasteiger partial charge in [0.15, 0.2) is 0 Å². The van der Waals surface area contributed by atoms with Gasteiger partial charge in [-0.05, 0) is 26.0 Å². The molecule has 0 spiro atoms. The van der Waals surface area contributed by atoms with E-state index in [0.717, 1.165) is 6.54 Å². The average molecular weight is 259 g/mol. The summed E-state index contributed by atoms with van der Waals surface area (Å²) in [6.07, 6.45) is 6.99. The van der Waals surface area contributed by atoms with Crippen molar-refractivity contribution in [1.29, 1.82) is 0 Å². The number of thioether (sulfide) groups is 1. The molecule has 1 unspecified atom stereocenters. The quantitative estimate of drug-likeness (QED) is 0.683. The summed E-state index contributed by atoms with van der Waals surface area (Å²) in [7, 11) is 0. The predicted molar refractivity (Wildman–Crippen MR) is 69.9 cm³/mol. The lowest BCUT2D eigenvalue weighted by atomic mass is 10.1. The summed E-state index contributed by atoms with van der Waals surface area (Å²) in [5.41, 5.74) is 4.90. The molecule has 5 nitrogen and oxygen atoms in total. The van der Waals surface area contributed by atoms with Crippen LogP contribution >= 0.6 is 11.8 Å². The zero-order valence-electron chi connectivity index (χ0n) is 10.4. The lowest BCUT2D eigenvalue weighted by Gasteiger charge is -2.28. The van der Waals surface area contributed by atoms with Crippen molar-refractivity contribution in [3.63, 3.8) is 0 Å². The van der Waals surface area contributed by atoms with Gasteiger partial charge in [0.2, 0.25) is 5.91 Å². The van der Waals surface area contributed by atoms with Gasteiger partial charge in [0, 0.05) is 11.3 Å². The van der Waals surface area contributed by atoms with E-state index < -0.39 is 12.1 Å². The molecule has 0 saturated heterocycles. The molecule has 1 aliphatic carbocycles. The van der Waals surface area contributed by atoms with Gasteiger partial charge in [-0.15, -0.1) is 0 Å². The highest BCUT2D eigenvalue weighted by Crippen LogP contribution is 2.39. The zero-order valence-corrected chi connectivity index (χ0v) is 11.2. The first kappa shape index (κ1) is 14.3. The highest BCUT2D eigenvalue weighted by Gasteiger charge is 2.33. The normalized spacial score (nSPS) is 19.9. The second-order valence-corrected chi connectivity index (χ2v) is 5.82. The molecule has 1 rings (SSSR count). The van der Waals surface area contributed by atoms with Gasteiger partial charge in [-0.3, -0.25) is 10.1 Å². The van der Waals surface area contributed by atoms with Crippen LogP contribution in [0.5, 0.6) is 0 Å². The predicted octanol–water partition coefficient (Wildman–Crippen LogP) is 0.835. The Morgan fingerprint density at radius 1 is 1.41 bits per heavy atom. The second kappa shape index (κ2) is 6.26. The number of nitrogens with two attached hydrogens (primary N) is 1. The fraction of sp³-hybridized carbons (Fsp3) is 0.818. The Morgan fingerprint density at radius 3 is 2.47 bits per heavy atom. The molecule has 1 saturated carbocycles. The molecule has 0 bridgehead atoms. The number of hydrogen-bond acceptors (Lipinski definition) is 4. The number of primary amides is 1. The fourth-order valence-electron chi connectivity index (χ4n) is 2.13. The van der Waals surface area contributed by atoms with Crippen molar-refractivity contribution in [3.05, 3.63) is 0 Å². The molecule has 1 atom stereocenters. The number of imide groups is 1. The van der Waals surface area contributed by atoms with Crippen LogP contribution in [0.25, 0.3) is 0 Å². The molecule has 0 aromatic heterocycles. The number of urea groups is 1. The van der Waals surface area contributed by atoms with Crippen molar-refractivity contribution in [3.8, 4) is 0 Å². The second-order valence-electron chi connectivity index (χ2n) is 4.55. The van der Waals surface area contributed by atoms with Crippen LogP contribution in [0.4, 0.5) is 4.79 Å². The van der Waals surface area contributed by atoms with Gasteiger partial charge in [0.05, 0.1) is 6.04 Å². The van der Waals surface area contributed by atoms with Crippen LogP contribution in [0.1, 0.15) is 32.6 Å². The van der Waals surface area contributed by atoms with Gasteiger partial charge < -0.3 is 11.1 Å². The maximum Gasteiger partial charge on any atom is 0.318 e. The summed E-state index contributed by atoms with van der Waals surface area (Å²) < 4.78 is 0.251. The zero-order chi connectivity index (χ0) is 12.9. The van der Waals surface area contributed by atoms with E-state index in [9.17, 15) is 9.59 Å². The molecular weight excluding hydrogens is 238 g/mol. The van der Waals surface area contributed by atoms with Crippen molar-refractivity contribution in [2.75, 3.05) is 12.8 Å². The molecule has 1 fully saturated rings. The molecule has 0 heterocycles. The Balaban J connectivity index is 2.38. The molecule has 0 aliphatic heterocycles. The van der Waals surface area contributed by atoms with Crippen LogP contribution in [-0.4, -0.2) is 35.5 Å². The van der Waals surface area contributed by atoms with E-state index in [1.807, 2.05) is 11.8 Å². The smallest absolute Gasteiger partial charge is 0.318 e. The molecule has 17 heavy (non-hydrogen) atoms. The topological polar surface area (TPSA) is 84.2 Å². The Morgan fingerprint density at radius 2 is 2.00 bits per heavy atom. The first-order valence-corrected chi connectivity index (χ1v) is 7.10. The lowest BCUT2D eigenvalue weighted by Crippen LogP contribution is -2.49. The van der Waals surface area contributed by atoms with Crippen molar-refractivity contribution in [2.45, 2.75) is 43.4 Å². The number of nitrogens with one attached hydrogen (secondary N) is 2.